The first-order chi connectivity index (χ1) is 12.9. The van der Waals surface area contributed by atoms with E-state index in [-0.39, 0.29) is 6.42 Å². The fourth-order valence-electron chi connectivity index (χ4n) is 3.95. The zero-order valence-electron chi connectivity index (χ0n) is 19.0. The number of hydrogen-bond acceptors (Lipinski definition) is 2. The largest absolute Gasteiger partial charge is 0.319 e. The van der Waals surface area contributed by atoms with Crippen LogP contribution in [0.4, 0.5) is 5.69 Å². The molecule has 0 bridgehead atoms. The van der Waals surface area contributed by atoms with Crippen molar-refractivity contribution < 1.29 is 9.59 Å². The lowest BCUT2D eigenvalue weighted by Gasteiger charge is -2.20. The van der Waals surface area contributed by atoms with Gasteiger partial charge >= 0.3 is 0 Å². The molecule has 0 saturated carbocycles. The average Bonchev–Trinajstić information content (AvgIpc) is 2.67. The van der Waals surface area contributed by atoms with Gasteiger partial charge in [0.25, 0.3) is 5.91 Å². The van der Waals surface area contributed by atoms with E-state index in [1.807, 2.05) is 27.7 Å². The van der Waals surface area contributed by atoms with Gasteiger partial charge in [-0.15, -0.1) is 0 Å². The van der Waals surface area contributed by atoms with Crippen LogP contribution in [0.25, 0.3) is 0 Å². The molecule has 0 fully saturated rings. The van der Waals surface area contributed by atoms with Crippen LogP contribution in [0.2, 0.25) is 0 Å². The second-order valence-corrected chi connectivity index (χ2v) is 8.16. The Hall–Kier alpha value is -2.42. The number of nitrogens with one attached hydrogen (secondary N) is 1. The van der Waals surface area contributed by atoms with Crippen molar-refractivity contribution in [1.29, 1.82) is 0 Å². The number of benzene rings is 2. The first-order valence-corrected chi connectivity index (χ1v) is 9.87. The van der Waals surface area contributed by atoms with Gasteiger partial charge < -0.3 is 5.32 Å². The number of Topliss-reactive ketones (excluding diaryl/α,β-unsaturated/α-hetero) is 1. The van der Waals surface area contributed by atoms with Crippen LogP contribution >= 0.6 is 0 Å². The van der Waals surface area contributed by atoms with E-state index in [0.717, 1.165) is 44.6 Å². The van der Waals surface area contributed by atoms with Crippen LogP contribution in [0.5, 0.6) is 0 Å². The molecule has 0 aliphatic rings. The van der Waals surface area contributed by atoms with E-state index in [9.17, 15) is 9.59 Å². The Kier molecular flexibility index (Phi) is 6.18. The highest BCUT2D eigenvalue weighted by molar-refractivity contribution is 6.41. The van der Waals surface area contributed by atoms with Crippen molar-refractivity contribution in [2.45, 2.75) is 75.7 Å². The van der Waals surface area contributed by atoms with Gasteiger partial charge in [-0.1, -0.05) is 0 Å². The molecule has 0 saturated heterocycles. The number of anilines is 1. The quantitative estimate of drug-likeness (QED) is 0.711. The number of carbonyl (C=O) groups excluding carboxylic acids is 2. The Labute approximate surface area is 169 Å². The lowest BCUT2D eigenvalue weighted by atomic mass is 9.87. The first kappa shape index (κ1) is 21.9. The maximum atomic E-state index is 12.8. The lowest BCUT2D eigenvalue weighted by Crippen LogP contribution is -2.26. The van der Waals surface area contributed by atoms with Crippen molar-refractivity contribution in [2.24, 2.45) is 0 Å². The smallest absolute Gasteiger partial charge is 0.292 e. The summed E-state index contributed by atoms with van der Waals surface area (Å²) in [6, 6.07) is 0. The predicted molar refractivity (Wildman–Crippen MR) is 118 cm³/mol. The Morgan fingerprint density at radius 2 is 0.857 bits per heavy atom. The average molecular weight is 380 g/mol. The highest BCUT2D eigenvalue weighted by Crippen LogP contribution is 2.30. The third kappa shape index (κ3) is 3.63. The number of amides is 1. The van der Waals surface area contributed by atoms with Gasteiger partial charge in [-0.05, 0) is 130 Å². The van der Waals surface area contributed by atoms with Crippen LogP contribution < -0.4 is 5.32 Å². The molecule has 0 heterocycles. The molecular weight excluding hydrogens is 346 g/mol. The van der Waals surface area contributed by atoms with Gasteiger partial charge in [0.05, 0.1) is 0 Å². The molecule has 2 aromatic rings. The van der Waals surface area contributed by atoms with Gasteiger partial charge in [-0.25, -0.2) is 0 Å². The molecule has 3 heteroatoms. The van der Waals surface area contributed by atoms with E-state index >= 15 is 0 Å². The fourth-order valence-corrected chi connectivity index (χ4v) is 3.95. The number of hydrogen-bond donors (Lipinski definition) is 1. The van der Waals surface area contributed by atoms with Crippen LogP contribution in [0.3, 0.4) is 0 Å². The van der Waals surface area contributed by atoms with Crippen molar-refractivity contribution in [3.05, 3.63) is 61.2 Å². The van der Waals surface area contributed by atoms with E-state index < -0.39 is 11.7 Å². The fraction of sp³-hybridized carbons (Fsp3) is 0.440. The zero-order valence-corrected chi connectivity index (χ0v) is 19.0. The van der Waals surface area contributed by atoms with Gasteiger partial charge in [0.15, 0.2) is 0 Å². The predicted octanol–water partition coefficient (Wildman–Crippen LogP) is 5.52. The Morgan fingerprint density at radius 1 is 0.536 bits per heavy atom. The summed E-state index contributed by atoms with van der Waals surface area (Å²) < 4.78 is 0. The third-order valence-corrected chi connectivity index (χ3v) is 6.98. The molecule has 0 aromatic heterocycles. The summed E-state index contributed by atoms with van der Waals surface area (Å²) in [6.45, 7) is 20.5. The monoisotopic (exact) mass is 379 g/mol. The highest BCUT2D eigenvalue weighted by Gasteiger charge is 2.22. The zero-order chi connectivity index (χ0) is 21.5. The van der Waals surface area contributed by atoms with Crippen molar-refractivity contribution in [3.63, 3.8) is 0 Å². The summed E-state index contributed by atoms with van der Waals surface area (Å²) in [5, 5.41) is 2.90. The van der Waals surface area contributed by atoms with Gasteiger partial charge in [-0.3, -0.25) is 9.59 Å². The van der Waals surface area contributed by atoms with Crippen molar-refractivity contribution in [3.8, 4) is 0 Å². The lowest BCUT2D eigenvalue weighted by molar-refractivity contribution is -0.134. The summed E-state index contributed by atoms with van der Waals surface area (Å²) in [4.78, 5) is 25.5. The normalized spacial score (nSPS) is 10.9. The third-order valence-electron chi connectivity index (χ3n) is 6.98. The molecule has 28 heavy (non-hydrogen) atoms. The molecule has 0 spiro atoms. The Bertz CT molecular complexity index is 857. The van der Waals surface area contributed by atoms with Crippen molar-refractivity contribution in [1.82, 2.24) is 0 Å². The molecule has 1 amide bonds. The summed E-state index contributed by atoms with van der Waals surface area (Å²) in [5.74, 6) is -0.938. The molecule has 0 aliphatic heterocycles. The molecule has 2 aromatic carbocycles. The molecule has 2 rings (SSSR count). The minimum Gasteiger partial charge on any atom is -0.319 e. The maximum Gasteiger partial charge on any atom is 0.292 e. The van der Waals surface area contributed by atoms with Crippen LogP contribution in [0.1, 0.15) is 61.2 Å². The van der Waals surface area contributed by atoms with Crippen LogP contribution in [-0.4, -0.2) is 11.7 Å². The van der Waals surface area contributed by atoms with E-state index in [2.05, 4.69) is 46.9 Å². The van der Waals surface area contributed by atoms with Crippen molar-refractivity contribution in [2.75, 3.05) is 5.32 Å². The molecule has 0 radical (unpaired) electrons. The van der Waals surface area contributed by atoms with E-state index in [4.69, 9.17) is 0 Å². The highest BCUT2D eigenvalue weighted by atomic mass is 16.2. The maximum absolute atomic E-state index is 12.8. The number of carbonyl (C=O) groups is 2. The van der Waals surface area contributed by atoms with Crippen LogP contribution in [0.15, 0.2) is 0 Å². The minimum atomic E-state index is -0.538. The number of rotatable bonds is 4. The Morgan fingerprint density at radius 3 is 1.25 bits per heavy atom. The molecule has 0 atom stereocenters. The van der Waals surface area contributed by atoms with E-state index in [1.54, 1.807) is 0 Å². The summed E-state index contributed by atoms with van der Waals surface area (Å²) in [5.41, 5.74) is 13.2. The van der Waals surface area contributed by atoms with Gasteiger partial charge in [0.1, 0.15) is 0 Å². The molecule has 3 nitrogen and oxygen atoms in total. The van der Waals surface area contributed by atoms with Crippen molar-refractivity contribution >= 4 is 17.4 Å². The van der Waals surface area contributed by atoms with E-state index in [0.29, 0.717) is 0 Å². The first-order valence-electron chi connectivity index (χ1n) is 9.87. The van der Waals surface area contributed by atoms with Crippen LogP contribution in [-0.2, 0) is 16.0 Å². The van der Waals surface area contributed by atoms with Crippen LogP contribution in [0, 0.1) is 69.2 Å². The molecular formula is C25H33NO2. The Balaban J connectivity index is 2.36. The summed E-state index contributed by atoms with van der Waals surface area (Å²) >= 11 is 0. The SMILES string of the molecule is Cc1c(C)c(C)c(CC(=O)C(=O)Nc2c(C)c(C)c(C)c(C)c2C)c(C)c1C. The van der Waals surface area contributed by atoms with Gasteiger partial charge in [-0.2, -0.15) is 0 Å². The van der Waals surface area contributed by atoms with Gasteiger partial charge in [0, 0.05) is 12.1 Å². The molecule has 150 valence electrons. The minimum absolute atomic E-state index is 0.132. The molecule has 1 N–H and O–H groups in total. The van der Waals surface area contributed by atoms with E-state index in [1.165, 1.54) is 22.3 Å². The summed E-state index contributed by atoms with van der Waals surface area (Å²) in [6.07, 6.45) is 0.132. The second kappa shape index (κ2) is 7.90. The molecule has 0 aliphatic carbocycles. The van der Waals surface area contributed by atoms with Gasteiger partial charge in [0.2, 0.25) is 5.78 Å². The second-order valence-electron chi connectivity index (χ2n) is 8.16. The standard InChI is InChI=1S/C25H33NO2/c1-12-14(3)18(7)22(19(8)15(12)4)11-23(27)25(28)26-24-20(9)16(5)13(2)17(6)21(24)10/h11H2,1-10H3,(H,26,28). The number of ketones is 1. The summed E-state index contributed by atoms with van der Waals surface area (Å²) in [7, 11) is 0. The molecule has 0 unspecified atom stereocenters. The topological polar surface area (TPSA) is 46.2 Å².